The molecule has 3 rings (SSSR count). The number of aliphatic carboxylic acids is 1. The van der Waals surface area contributed by atoms with Crippen LogP contribution in [0.3, 0.4) is 0 Å². The van der Waals surface area contributed by atoms with Crippen molar-refractivity contribution in [1.29, 1.82) is 0 Å². The van der Waals surface area contributed by atoms with Gasteiger partial charge in [0.2, 0.25) is 0 Å². The van der Waals surface area contributed by atoms with Crippen LogP contribution < -0.4 is 4.74 Å². The van der Waals surface area contributed by atoms with E-state index in [1.54, 1.807) is 0 Å². The highest BCUT2D eigenvalue weighted by atomic mass is 35.5. The molecule has 2 fully saturated rings. The lowest BCUT2D eigenvalue weighted by atomic mass is 9.70. The molecule has 0 bridgehead atoms. The summed E-state index contributed by atoms with van der Waals surface area (Å²) in [4.78, 5) is 23.6. The Labute approximate surface area is 176 Å². The zero-order chi connectivity index (χ0) is 21.1. The van der Waals surface area contributed by atoms with E-state index in [4.69, 9.17) is 21.4 Å². The Morgan fingerprint density at radius 1 is 1.28 bits per heavy atom. The van der Waals surface area contributed by atoms with Crippen molar-refractivity contribution in [1.82, 2.24) is 0 Å². The van der Waals surface area contributed by atoms with Gasteiger partial charge in [-0.25, -0.2) is 4.39 Å². The molecular weight excluding hydrogens is 395 g/mol. The Balaban J connectivity index is 1.55. The number of hydrogen-bond acceptors (Lipinski definition) is 3. The van der Waals surface area contributed by atoms with Crippen molar-refractivity contribution in [3.05, 3.63) is 40.7 Å². The lowest BCUT2D eigenvalue weighted by Gasteiger charge is -2.32. The van der Waals surface area contributed by atoms with Gasteiger partial charge in [0.05, 0.1) is 23.1 Å². The topological polar surface area (TPSA) is 63.6 Å². The molecule has 6 heteroatoms. The SMILES string of the molecule is C=C1CC(C)CC(CCCOc2cc(F)c(C(=O)C3CCC3C(=O)O)cc2Cl)C1. The lowest BCUT2D eigenvalue weighted by molar-refractivity contribution is -0.146. The molecule has 2 aliphatic rings. The van der Waals surface area contributed by atoms with Gasteiger partial charge >= 0.3 is 5.97 Å². The number of benzene rings is 1. The third kappa shape index (κ3) is 5.19. The van der Waals surface area contributed by atoms with E-state index in [-0.39, 0.29) is 16.3 Å². The highest BCUT2D eigenvalue weighted by Gasteiger charge is 2.42. The van der Waals surface area contributed by atoms with E-state index in [0.717, 1.165) is 31.7 Å². The van der Waals surface area contributed by atoms with Crippen LogP contribution in [0, 0.1) is 29.5 Å². The zero-order valence-electron chi connectivity index (χ0n) is 16.8. The minimum atomic E-state index is -1.02. The molecule has 1 N–H and O–H groups in total. The first kappa shape index (κ1) is 21.8. The molecule has 0 amide bonds. The molecule has 0 radical (unpaired) electrons. The first-order chi connectivity index (χ1) is 13.8. The summed E-state index contributed by atoms with van der Waals surface area (Å²) in [5, 5.41) is 9.28. The highest BCUT2D eigenvalue weighted by molar-refractivity contribution is 6.32. The summed E-state index contributed by atoms with van der Waals surface area (Å²) in [6.07, 6.45) is 6.14. The number of rotatable bonds is 8. The van der Waals surface area contributed by atoms with Gasteiger partial charge < -0.3 is 9.84 Å². The van der Waals surface area contributed by atoms with E-state index in [1.807, 2.05) is 0 Å². The van der Waals surface area contributed by atoms with Crippen LogP contribution in [0.5, 0.6) is 5.75 Å². The fraction of sp³-hybridized carbons (Fsp3) is 0.565. The second-order valence-corrected chi connectivity index (χ2v) is 9.02. The molecule has 0 saturated heterocycles. The molecule has 158 valence electrons. The Morgan fingerprint density at radius 3 is 2.62 bits per heavy atom. The van der Waals surface area contributed by atoms with E-state index in [2.05, 4.69) is 13.5 Å². The third-order valence-corrected chi connectivity index (χ3v) is 6.48. The Bertz CT molecular complexity index is 806. The molecule has 4 nitrogen and oxygen atoms in total. The minimum Gasteiger partial charge on any atom is -0.492 e. The maximum Gasteiger partial charge on any atom is 0.307 e. The second-order valence-electron chi connectivity index (χ2n) is 8.61. The van der Waals surface area contributed by atoms with Crippen molar-refractivity contribution in [3.63, 3.8) is 0 Å². The highest BCUT2D eigenvalue weighted by Crippen LogP contribution is 2.39. The Hall–Kier alpha value is -1.88. The number of allylic oxidation sites excluding steroid dienone is 1. The molecule has 1 aromatic carbocycles. The summed E-state index contributed by atoms with van der Waals surface area (Å²) >= 11 is 6.20. The molecular formula is C23H28ClFO4. The molecule has 2 saturated carbocycles. The summed E-state index contributed by atoms with van der Waals surface area (Å²) in [6.45, 7) is 6.80. The predicted molar refractivity (Wildman–Crippen MR) is 110 cm³/mol. The summed E-state index contributed by atoms with van der Waals surface area (Å²) in [7, 11) is 0. The summed E-state index contributed by atoms with van der Waals surface area (Å²) in [5.41, 5.74) is 1.16. The number of carboxylic acids is 1. The molecule has 4 atom stereocenters. The van der Waals surface area contributed by atoms with Gasteiger partial charge in [0.15, 0.2) is 5.78 Å². The average Bonchev–Trinajstić information content (AvgIpc) is 2.58. The smallest absolute Gasteiger partial charge is 0.307 e. The lowest BCUT2D eigenvalue weighted by Crippen LogP contribution is -2.38. The van der Waals surface area contributed by atoms with Gasteiger partial charge in [-0.1, -0.05) is 30.7 Å². The van der Waals surface area contributed by atoms with Crippen LogP contribution in [0.2, 0.25) is 5.02 Å². The van der Waals surface area contributed by atoms with Crippen molar-refractivity contribution in [2.24, 2.45) is 23.7 Å². The minimum absolute atomic E-state index is 0.159. The van der Waals surface area contributed by atoms with E-state index in [0.29, 0.717) is 31.3 Å². The molecule has 0 heterocycles. The van der Waals surface area contributed by atoms with E-state index in [9.17, 15) is 14.0 Å². The van der Waals surface area contributed by atoms with Gasteiger partial charge in [-0.2, -0.15) is 0 Å². The zero-order valence-corrected chi connectivity index (χ0v) is 17.5. The van der Waals surface area contributed by atoms with Crippen LogP contribution >= 0.6 is 11.6 Å². The molecule has 0 aliphatic heterocycles. The molecule has 0 spiro atoms. The van der Waals surface area contributed by atoms with Gasteiger partial charge in [-0.3, -0.25) is 9.59 Å². The first-order valence-electron chi connectivity index (χ1n) is 10.3. The largest absolute Gasteiger partial charge is 0.492 e. The van der Waals surface area contributed by atoms with Crippen LogP contribution in [0.1, 0.15) is 62.2 Å². The molecule has 29 heavy (non-hydrogen) atoms. The fourth-order valence-electron chi connectivity index (χ4n) is 4.63. The number of carboxylic acid groups (broad SMARTS) is 1. The van der Waals surface area contributed by atoms with Gasteiger partial charge in [0, 0.05) is 12.0 Å². The number of ether oxygens (including phenoxy) is 1. The van der Waals surface area contributed by atoms with Crippen LogP contribution in [0.25, 0.3) is 0 Å². The van der Waals surface area contributed by atoms with Gasteiger partial charge in [-0.05, 0) is 62.8 Å². The second kappa shape index (κ2) is 9.29. The standard InChI is InChI=1S/C23H28ClFO4/c1-13-8-14(2)10-15(9-13)4-3-7-29-21-12-20(25)18(11-19(21)24)22(26)16-5-6-17(16)23(27)28/h11-12,14-17H,1,3-10H2,2H3,(H,27,28). The summed E-state index contributed by atoms with van der Waals surface area (Å²) < 4.78 is 20.2. The summed E-state index contributed by atoms with van der Waals surface area (Å²) in [5.74, 6) is -2.15. The number of carbonyl (C=O) groups is 2. The average molecular weight is 423 g/mol. The van der Waals surface area contributed by atoms with Crippen molar-refractivity contribution in [2.75, 3.05) is 6.61 Å². The van der Waals surface area contributed by atoms with Crippen LogP contribution in [-0.4, -0.2) is 23.5 Å². The Kier molecular flexibility index (Phi) is 6.99. The molecule has 1 aromatic rings. The maximum absolute atomic E-state index is 14.5. The number of Topliss-reactive ketones (excluding diaryl/α,β-unsaturated/α-hetero) is 1. The molecule has 4 unspecified atom stereocenters. The summed E-state index contributed by atoms with van der Waals surface area (Å²) in [6, 6.07) is 2.40. The van der Waals surface area contributed by atoms with E-state index >= 15 is 0 Å². The van der Waals surface area contributed by atoms with Crippen LogP contribution in [-0.2, 0) is 4.79 Å². The maximum atomic E-state index is 14.5. The van der Waals surface area contributed by atoms with Crippen LogP contribution in [0.4, 0.5) is 4.39 Å². The quantitative estimate of drug-likeness (QED) is 0.320. The first-order valence-corrected chi connectivity index (χ1v) is 10.7. The predicted octanol–water partition coefficient (Wildman–Crippen LogP) is 5.92. The third-order valence-electron chi connectivity index (χ3n) is 6.18. The normalized spacial score (nSPS) is 26.7. The molecule has 2 aliphatic carbocycles. The molecule has 0 aromatic heterocycles. The van der Waals surface area contributed by atoms with Crippen LogP contribution in [0.15, 0.2) is 24.3 Å². The van der Waals surface area contributed by atoms with Crippen molar-refractivity contribution in [3.8, 4) is 5.75 Å². The number of halogens is 2. The van der Waals surface area contributed by atoms with E-state index < -0.39 is 29.4 Å². The van der Waals surface area contributed by atoms with E-state index in [1.165, 1.54) is 18.1 Å². The number of carbonyl (C=O) groups excluding carboxylic acids is 1. The monoisotopic (exact) mass is 422 g/mol. The van der Waals surface area contributed by atoms with Gasteiger partial charge in [0.25, 0.3) is 0 Å². The fourth-order valence-corrected chi connectivity index (χ4v) is 4.85. The van der Waals surface area contributed by atoms with Crippen molar-refractivity contribution >= 4 is 23.4 Å². The number of hydrogen-bond donors (Lipinski definition) is 1. The van der Waals surface area contributed by atoms with Gasteiger partial charge in [0.1, 0.15) is 11.6 Å². The number of ketones is 1. The Morgan fingerprint density at radius 2 is 2.00 bits per heavy atom. The van der Waals surface area contributed by atoms with Crippen molar-refractivity contribution in [2.45, 2.75) is 51.9 Å². The van der Waals surface area contributed by atoms with Gasteiger partial charge in [-0.15, -0.1) is 0 Å². The van der Waals surface area contributed by atoms with Crippen molar-refractivity contribution < 1.29 is 23.8 Å².